The Labute approximate surface area is 138 Å². The van der Waals surface area contributed by atoms with Crippen LogP contribution >= 0.6 is 0 Å². The predicted molar refractivity (Wildman–Crippen MR) is 92.4 cm³/mol. The lowest BCUT2D eigenvalue weighted by atomic mass is 10.0. The number of aryl methyl sites for hydroxylation is 1. The fraction of sp³-hybridized carbons (Fsp3) is 0.0556. The minimum atomic E-state index is -0.497. The molecule has 0 amide bonds. The monoisotopic (exact) mass is 321 g/mol. The number of anilines is 1. The van der Waals surface area contributed by atoms with E-state index in [-0.39, 0.29) is 17.1 Å². The fourth-order valence-corrected chi connectivity index (χ4v) is 2.40. The van der Waals surface area contributed by atoms with Crippen molar-refractivity contribution in [2.45, 2.75) is 6.92 Å². The van der Waals surface area contributed by atoms with Gasteiger partial charge in [0.15, 0.2) is 5.69 Å². The van der Waals surface area contributed by atoms with E-state index in [1.165, 1.54) is 13.0 Å². The smallest absolute Gasteiger partial charge is 0.338 e. The molecule has 24 heavy (non-hydrogen) atoms. The fourth-order valence-electron chi connectivity index (χ4n) is 2.40. The Bertz CT molecular complexity index is 886. The van der Waals surface area contributed by atoms with Gasteiger partial charge in [-0.05, 0) is 18.6 Å². The Hall–Kier alpha value is -3.41. The molecule has 6 nitrogen and oxygen atoms in total. The average Bonchev–Trinajstić information content (AvgIpc) is 2.97. The molecule has 0 saturated heterocycles. The lowest BCUT2D eigenvalue weighted by Crippen LogP contribution is -1.92. The molecule has 0 atom stereocenters. The maximum atomic E-state index is 11.0. The van der Waals surface area contributed by atoms with Crippen molar-refractivity contribution in [3.8, 4) is 11.1 Å². The first-order chi connectivity index (χ1) is 11.7. The molecule has 1 N–H and O–H groups in total. The molecular weight excluding hydrogens is 306 g/mol. The van der Waals surface area contributed by atoms with E-state index in [9.17, 15) is 10.1 Å². The molecule has 0 aliphatic heterocycles. The highest BCUT2D eigenvalue weighted by atomic mass is 16.6. The zero-order valence-corrected chi connectivity index (χ0v) is 13.0. The van der Waals surface area contributed by atoms with E-state index in [0.717, 1.165) is 16.8 Å². The van der Waals surface area contributed by atoms with Crippen molar-refractivity contribution in [1.82, 2.24) is 5.16 Å². The van der Waals surface area contributed by atoms with Crippen LogP contribution in [-0.4, -0.2) is 10.1 Å². The molecule has 1 aromatic heterocycles. The third-order valence-corrected chi connectivity index (χ3v) is 3.52. The van der Waals surface area contributed by atoms with Gasteiger partial charge in [-0.3, -0.25) is 10.1 Å². The third kappa shape index (κ3) is 3.17. The van der Waals surface area contributed by atoms with Crippen LogP contribution in [0.4, 0.5) is 11.4 Å². The molecular formula is C18H15N3O3. The largest absolute Gasteiger partial charge is 0.361 e. The summed E-state index contributed by atoms with van der Waals surface area (Å²) in [6.07, 6.45) is 3.11. The molecule has 1 heterocycles. The number of nitrogens with one attached hydrogen (secondary N) is 1. The topological polar surface area (TPSA) is 81.2 Å². The van der Waals surface area contributed by atoms with Crippen molar-refractivity contribution in [2.75, 3.05) is 5.32 Å². The number of para-hydroxylation sites is 1. The third-order valence-electron chi connectivity index (χ3n) is 3.52. The first-order valence-corrected chi connectivity index (χ1v) is 7.35. The highest BCUT2D eigenvalue weighted by Crippen LogP contribution is 2.28. The van der Waals surface area contributed by atoms with Gasteiger partial charge in [0, 0.05) is 23.5 Å². The van der Waals surface area contributed by atoms with Crippen molar-refractivity contribution in [2.24, 2.45) is 0 Å². The summed E-state index contributed by atoms with van der Waals surface area (Å²) in [5, 5.41) is 17.8. The highest BCUT2D eigenvalue weighted by Gasteiger charge is 2.21. The summed E-state index contributed by atoms with van der Waals surface area (Å²) in [4.78, 5) is 10.5. The maximum Gasteiger partial charge on any atom is 0.338 e. The Balaban J connectivity index is 1.85. The van der Waals surface area contributed by atoms with Crippen molar-refractivity contribution in [1.29, 1.82) is 0 Å². The van der Waals surface area contributed by atoms with Gasteiger partial charge in [-0.2, -0.15) is 0 Å². The van der Waals surface area contributed by atoms with Gasteiger partial charge in [-0.15, -0.1) is 0 Å². The van der Waals surface area contributed by atoms with E-state index < -0.39 is 4.92 Å². The SMILES string of the molecule is Cc1noc(/C=C\Nc2ccccc2-c2ccccc2)c1[N+](=O)[O-]. The first kappa shape index (κ1) is 15.5. The molecule has 0 bridgehead atoms. The molecule has 3 aromatic rings. The highest BCUT2D eigenvalue weighted by molar-refractivity contribution is 5.78. The lowest BCUT2D eigenvalue weighted by Gasteiger charge is -2.09. The van der Waals surface area contributed by atoms with Crippen LogP contribution in [0.15, 0.2) is 65.3 Å². The van der Waals surface area contributed by atoms with E-state index >= 15 is 0 Å². The summed E-state index contributed by atoms with van der Waals surface area (Å²) in [5.41, 5.74) is 3.13. The predicted octanol–water partition coefficient (Wildman–Crippen LogP) is 4.64. The number of nitrogens with zero attached hydrogens (tertiary/aromatic N) is 2. The van der Waals surface area contributed by atoms with E-state index in [1.54, 1.807) is 6.20 Å². The Morgan fingerprint density at radius 3 is 2.58 bits per heavy atom. The van der Waals surface area contributed by atoms with Gasteiger partial charge >= 0.3 is 5.69 Å². The Morgan fingerprint density at radius 1 is 1.12 bits per heavy atom. The molecule has 0 aliphatic carbocycles. The van der Waals surface area contributed by atoms with E-state index in [1.807, 2.05) is 54.6 Å². The van der Waals surface area contributed by atoms with Crippen LogP contribution in [0.3, 0.4) is 0 Å². The molecule has 0 spiro atoms. The number of benzene rings is 2. The number of aromatic nitrogens is 1. The summed E-state index contributed by atoms with van der Waals surface area (Å²) < 4.78 is 4.99. The minimum absolute atomic E-state index is 0.113. The summed E-state index contributed by atoms with van der Waals surface area (Å²) in [7, 11) is 0. The quantitative estimate of drug-likeness (QED) is 0.547. The first-order valence-electron chi connectivity index (χ1n) is 7.35. The molecule has 120 valence electrons. The van der Waals surface area contributed by atoms with Crippen LogP contribution in [0.2, 0.25) is 0 Å². The molecule has 0 radical (unpaired) electrons. The van der Waals surface area contributed by atoms with Gasteiger partial charge in [-0.25, -0.2) is 0 Å². The molecule has 0 aliphatic rings. The van der Waals surface area contributed by atoms with Gasteiger partial charge in [0.25, 0.3) is 0 Å². The van der Waals surface area contributed by atoms with Gasteiger partial charge in [0.2, 0.25) is 5.76 Å². The summed E-state index contributed by atoms with van der Waals surface area (Å²) >= 11 is 0. The van der Waals surface area contributed by atoms with Crippen molar-refractivity contribution < 1.29 is 9.45 Å². The molecule has 0 unspecified atom stereocenters. The number of hydrogen-bond acceptors (Lipinski definition) is 5. The zero-order valence-electron chi connectivity index (χ0n) is 13.0. The number of nitro groups is 1. The van der Waals surface area contributed by atoms with E-state index in [2.05, 4.69) is 10.5 Å². The molecule has 6 heteroatoms. The molecule has 0 saturated carbocycles. The lowest BCUT2D eigenvalue weighted by molar-refractivity contribution is -0.386. The van der Waals surface area contributed by atoms with E-state index in [4.69, 9.17) is 4.52 Å². The van der Waals surface area contributed by atoms with Gasteiger partial charge < -0.3 is 9.84 Å². The second-order valence-corrected chi connectivity index (χ2v) is 5.13. The second kappa shape index (κ2) is 6.78. The summed E-state index contributed by atoms with van der Waals surface area (Å²) in [6.45, 7) is 1.54. The van der Waals surface area contributed by atoms with Crippen molar-refractivity contribution in [3.63, 3.8) is 0 Å². The average molecular weight is 321 g/mol. The van der Waals surface area contributed by atoms with Crippen LogP contribution < -0.4 is 5.32 Å². The summed E-state index contributed by atoms with van der Waals surface area (Å²) in [6, 6.07) is 17.8. The van der Waals surface area contributed by atoms with E-state index in [0.29, 0.717) is 0 Å². The minimum Gasteiger partial charge on any atom is -0.361 e. The maximum absolute atomic E-state index is 11.0. The van der Waals surface area contributed by atoms with Crippen LogP contribution in [0.1, 0.15) is 11.5 Å². The normalized spacial score (nSPS) is 10.9. The second-order valence-electron chi connectivity index (χ2n) is 5.13. The van der Waals surface area contributed by atoms with Crippen LogP contribution in [0.25, 0.3) is 17.2 Å². The van der Waals surface area contributed by atoms with Crippen molar-refractivity contribution >= 4 is 17.5 Å². The Kier molecular flexibility index (Phi) is 4.38. The summed E-state index contributed by atoms with van der Waals surface area (Å²) in [5.74, 6) is 0.113. The molecule has 0 fully saturated rings. The van der Waals surface area contributed by atoms with Crippen LogP contribution in [-0.2, 0) is 0 Å². The van der Waals surface area contributed by atoms with Crippen LogP contribution in [0.5, 0.6) is 0 Å². The van der Waals surface area contributed by atoms with Crippen molar-refractivity contribution in [3.05, 3.63) is 82.4 Å². The van der Waals surface area contributed by atoms with Gasteiger partial charge in [0.05, 0.1) is 4.92 Å². The molecule has 3 rings (SSSR count). The van der Waals surface area contributed by atoms with Gasteiger partial charge in [-0.1, -0.05) is 53.7 Å². The standard InChI is InChI=1S/C18H15N3O3/c1-13-18(21(22)23)17(24-20-13)11-12-19-16-10-6-5-9-15(16)14-7-3-2-4-8-14/h2-12,19H,1H3/b12-11-. The number of rotatable bonds is 5. The Morgan fingerprint density at radius 2 is 1.83 bits per heavy atom. The number of hydrogen-bond donors (Lipinski definition) is 1. The molecule has 2 aromatic carbocycles. The van der Waals surface area contributed by atoms with Gasteiger partial charge in [0.1, 0.15) is 0 Å². The van der Waals surface area contributed by atoms with Crippen LogP contribution in [0, 0.1) is 17.0 Å². The zero-order chi connectivity index (χ0) is 16.9.